The van der Waals surface area contributed by atoms with E-state index in [1.165, 1.54) is 16.4 Å². The molecule has 1 heterocycles. The molecule has 1 aromatic carbocycles. The molecule has 0 saturated carbocycles. The molecule has 0 aliphatic carbocycles. The summed E-state index contributed by atoms with van der Waals surface area (Å²) in [6.07, 6.45) is 1.70. The van der Waals surface area contributed by atoms with Crippen LogP contribution in [-0.4, -0.2) is 37.8 Å². The molecule has 0 bridgehead atoms. The predicted molar refractivity (Wildman–Crippen MR) is 91.2 cm³/mol. The lowest BCUT2D eigenvalue weighted by Gasteiger charge is -2.19. The van der Waals surface area contributed by atoms with E-state index in [0.29, 0.717) is 24.6 Å². The first-order chi connectivity index (χ1) is 10.7. The van der Waals surface area contributed by atoms with Gasteiger partial charge < -0.3 is 5.32 Å². The Morgan fingerprint density at radius 3 is 2.39 bits per heavy atom. The van der Waals surface area contributed by atoms with E-state index in [0.717, 1.165) is 12.8 Å². The van der Waals surface area contributed by atoms with Crippen LogP contribution in [0.3, 0.4) is 0 Å². The quantitative estimate of drug-likeness (QED) is 0.880. The van der Waals surface area contributed by atoms with Gasteiger partial charge in [0.05, 0.1) is 5.02 Å². The topological polar surface area (TPSA) is 66.5 Å². The molecule has 23 heavy (non-hydrogen) atoms. The van der Waals surface area contributed by atoms with Crippen molar-refractivity contribution < 1.29 is 13.2 Å². The summed E-state index contributed by atoms with van der Waals surface area (Å²) in [4.78, 5) is 12.3. The van der Waals surface area contributed by atoms with Gasteiger partial charge in [-0.1, -0.05) is 25.4 Å². The predicted octanol–water partition coefficient (Wildman–Crippen LogP) is 2.90. The van der Waals surface area contributed by atoms with Gasteiger partial charge in [-0.05, 0) is 43.9 Å². The van der Waals surface area contributed by atoms with Crippen molar-refractivity contribution in [2.45, 2.75) is 44.6 Å². The third kappa shape index (κ3) is 4.05. The first-order valence-electron chi connectivity index (χ1n) is 7.84. The van der Waals surface area contributed by atoms with Crippen LogP contribution in [0.15, 0.2) is 23.1 Å². The van der Waals surface area contributed by atoms with E-state index in [1.807, 2.05) is 20.8 Å². The molecule has 1 saturated heterocycles. The first kappa shape index (κ1) is 18.2. The SMILES string of the molecule is CC(C)[C@@H](C)NC(=O)c1ccc(Cl)c(S(=O)(=O)N2CCCC2)c1. The van der Waals surface area contributed by atoms with E-state index in [2.05, 4.69) is 5.32 Å². The van der Waals surface area contributed by atoms with Crippen molar-refractivity contribution >= 4 is 27.5 Å². The maximum atomic E-state index is 12.7. The minimum Gasteiger partial charge on any atom is -0.349 e. The number of sulfonamides is 1. The lowest BCUT2D eigenvalue weighted by Crippen LogP contribution is -2.36. The Bertz CT molecular complexity index is 683. The van der Waals surface area contributed by atoms with Crippen molar-refractivity contribution in [2.24, 2.45) is 5.92 Å². The summed E-state index contributed by atoms with van der Waals surface area (Å²) in [5.74, 6) is -0.000193. The Hall–Kier alpha value is -1.11. The van der Waals surface area contributed by atoms with Crippen LogP contribution in [0.4, 0.5) is 0 Å². The zero-order chi connectivity index (χ0) is 17.2. The summed E-state index contributed by atoms with van der Waals surface area (Å²) in [6, 6.07) is 4.39. The molecule has 0 unspecified atom stereocenters. The molecule has 1 atom stereocenters. The van der Waals surface area contributed by atoms with Crippen molar-refractivity contribution in [2.75, 3.05) is 13.1 Å². The third-order valence-electron chi connectivity index (χ3n) is 4.24. The normalized spacial score (nSPS) is 17.4. The molecular formula is C16H23ClN2O3S. The van der Waals surface area contributed by atoms with E-state index in [1.54, 1.807) is 6.07 Å². The molecule has 128 valence electrons. The van der Waals surface area contributed by atoms with Gasteiger partial charge in [-0.15, -0.1) is 0 Å². The van der Waals surface area contributed by atoms with Crippen molar-refractivity contribution in [3.63, 3.8) is 0 Å². The minimum absolute atomic E-state index is 0.00295. The van der Waals surface area contributed by atoms with Gasteiger partial charge in [-0.3, -0.25) is 4.79 Å². The Kier molecular flexibility index (Phi) is 5.70. The number of hydrogen-bond acceptors (Lipinski definition) is 3. The van der Waals surface area contributed by atoms with Gasteiger partial charge in [0.2, 0.25) is 10.0 Å². The fourth-order valence-corrected chi connectivity index (χ4v) is 4.38. The monoisotopic (exact) mass is 358 g/mol. The second kappa shape index (κ2) is 7.20. The molecule has 0 aromatic heterocycles. The van der Waals surface area contributed by atoms with Crippen LogP contribution in [0.2, 0.25) is 5.02 Å². The molecule has 1 fully saturated rings. The molecule has 5 nitrogen and oxygen atoms in total. The number of halogens is 1. The second-order valence-corrected chi connectivity index (χ2v) is 8.58. The van der Waals surface area contributed by atoms with Gasteiger partial charge in [-0.2, -0.15) is 4.31 Å². The molecule has 0 radical (unpaired) electrons. The van der Waals surface area contributed by atoms with Crippen molar-refractivity contribution in [1.82, 2.24) is 9.62 Å². The number of amides is 1. The summed E-state index contributed by atoms with van der Waals surface area (Å²) < 4.78 is 26.8. The Labute approximate surface area is 143 Å². The van der Waals surface area contributed by atoms with Crippen molar-refractivity contribution in [3.8, 4) is 0 Å². The smallest absolute Gasteiger partial charge is 0.251 e. The Balaban J connectivity index is 2.30. The molecule has 1 N–H and O–H groups in total. The van der Waals surface area contributed by atoms with Gasteiger partial charge in [0.1, 0.15) is 4.90 Å². The number of carbonyl (C=O) groups is 1. The van der Waals surface area contributed by atoms with E-state index >= 15 is 0 Å². The highest BCUT2D eigenvalue weighted by Crippen LogP contribution is 2.28. The second-order valence-electron chi connectivity index (χ2n) is 6.26. The number of benzene rings is 1. The largest absolute Gasteiger partial charge is 0.349 e. The lowest BCUT2D eigenvalue weighted by molar-refractivity contribution is 0.0930. The van der Waals surface area contributed by atoms with Crippen LogP contribution in [0.1, 0.15) is 44.0 Å². The fraction of sp³-hybridized carbons (Fsp3) is 0.562. The van der Waals surface area contributed by atoms with Gasteiger partial charge in [0.25, 0.3) is 5.91 Å². The number of nitrogens with zero attached hydrogens (tertiary/aromatic N) is 1. The zero-order valence-electron chi connectivity index (χ0n) is 13.7. The van der Waals surface area contributed by atoms with Gasteiger partial charge in [0.15, 0.2) is 0 Å². The Morgan fingerprint density at radius 2 is 1.83 bits per heavy atom. The average molecular weight is 359 g/mol. The maximum Gasteiger partial charge on any atom is 0.251 e. The van der Waals surface area contributed by atoms with Crippen LogP contribution in [0.25, 0.3) is 0 Å². The first-order valence-corrected chi connectivity index (χ1v) is 9.66. The summed E-state index contributed by atoms with van der Waals surface area (Å²) in [5, 5.41) is 3.02. The van der Waals surface area contributed by atoms with Gasteiger partial charge in [-0.25, -0.2) is 8.42 Å². The molecule has 1 amide bonds. The number of hydrogen-bond donors (Lipinski definition) is 1. The van der Waals surface area contributed by atoms with Crippen molar-refractivity contribution in [1.29, 1.82) is 0 Å². The van der Waals surface area contributed by atoms with Crippen LogP contribution >= 0.6 is 11.6 Å². The molecule has 2 rings (SSSR count). The van der Waals surface area contributed by atoms with Crippen LogP contribution in [0.5, 0.6) is 0 Å². The van der Waals surface area contributed by atoms with E-state index in [4.69, 9.17) is 11.6 Å². The fourth-order valence-electron chi connectivity index (χ4n) is 2.37. The third-order valence-corrected chi connectivity index (χ3v) is 6.62. The number of rotatable bonds is 5. The summed E-state index contributed by atoms with van der Waals surface area (Å²) >= 11 is 6.08. The van der Waals surface area contributed by atoms with E-state index in [-0.39, 0.29) is 21.9 Å². The molecule has 0 spiro atoms. The van der Waals surface area contributed by atoms with Gasteiger partial charge >= 0.3 is 0 Å². The highest BCUT2D eigenvalue weighted by molar-refractivity contribution is 7.89. The maximum absolute atomic E-state index is 12.7. The van der Waals surface area contributed by atoms with Gasteiger partial charge in [0, 0.05) is 24.7 Å². The summed E-state index contributed by atoms with van der Waals surface area (Å²) in [5.41, 5.74) is 0.305. The molecule has 1 aliphatic heterocycles. The number of carbonyl (C=O) groups excluding carboxylic acids is 1. The Morgan fingerprint density at radius 1 is 1.22 bits per heavy atom. The highest BCUT2D eigenvalue weighted by atomic mass is 35.5. The zero-order valence-corrected chi connectivity index (χ0v) is 15.2. The van der Waals surface area contributed by atoms with E-state index in [9.17, 15) is 13.2 Å². The number of nitrogens with one attached hydrogen (secondary N) is 1. The van der Waals surface area contributed by atoms with Crippen molar-refractivity contribution in [3.05, 3.63) is 28.8 Å². The lowest BCUT2D eigenvalue weighted by atomic mass is 10.1. The molecule has 1 aromatic rings. The molecule has 7 heteroatoms. The summed E-state index contributed by atoms with van der Waals surface area (Å²) in [7, 11) is -3.65. The van der Waals surface area contributed by atoms with Crippen LogP contribution in [-0.2, 0) is 10.0 Å². The average Bonchev–Trinajstić information content (AvgIpc) is 3.02. The standard InChI is InChI=1S/C16H23ClN2O3S/c1-11(2)12(3)18-16(20)13-6-7-14(17)15(10-13)23(21,22)19-8-4-5-9-19/h6-7,10-12H,4-5,8-9H2,1-3H3,(H,18,20)/t12-/m1/s1. The summed E-state index contributed by atoms with van der Waals surface area (Å²) in [6.45, 7) is 6.94. The molecule has 1 aliphatic rings. The van der Waals surface area contributed by atoms with Crippen LogP contribution in [0, 0.1) is 5.92 Å². The minimum atomic E-state index is -3.65. The molecular weight excluding hydrogens is 336 g/mol. The van der Waals surface area contributed by atoms with Crippen LogP contribution < -0.4 is 5.32 Å². The van der Waals surface area contributed by atoms with E-state index < -0.39 is 10.0 Å². The highest BCUT2D eigenvalue weighted by Gasteiger charge is 2.29.